The molecule has 0 radical (unpaired) electrons. The van der Waals surface area contributed by atoms with Crippen molar-refractivity contribution in [1.82, 2.24) is 9.55 Å². The summed E-state index contributed by atoms with van der Waals surface area (Å²) in [5.41, 5.74) is 6.05. The Kier molecular flexibility index (Phi) is 5.98. The molecular formula is C26H27N3O2S. The second kappa shape index (κ2) is 8.71. The zero-order chi connectivity index (χ0) is 23.0. The fourth-order valence-electron chi connectivity index (χ4n) is 4.02. The number of hydrogen-bond donors (Lipinski definition) is 0. The fraction of sp³-hybridized carbons (Fsp3) is 0.269. The van der Waals surface area contributed by atoms with Crippen molar-refractivity contribution in [1.29, 1.82) is 0 Å². The largest absolute Gasteiger partial charge is 0.311 e. The lowest BCUT2D eigenvalue weighted by molar-refractivity contribution is -0.119. The number of fused-ring (bicyclic) bond motifs is 1. The number of thiophene rings is 1. The average Bonchev–Trinajstić information content (AvgIpc) is 3.09. The minimum absolute atomic E-state index is 0.0508. The van der Waals surface area contributed by atoms with Crippen molar-refractivity contribution in [3.63, 3.8) is 0 Å². The second-order valence-electron chi connectivity index (χ2n) is 8.17. The molecule has 5 nitrogen and oxygen atoms in total. The van der Waals surface area contributed by atoms with E-state index in [4.69, 9.17) is 0 Å². The summed E-state index contributed by atoms with van der Waals surface area (Å²) in [7, 11) is 0. The Balaban J connectivity index is 1.76. The standard InChI is InChI=1S/C26H27N3O2S/c1-6-29(21-9-7-8-16(2)12-21)22(30)14-28-15-27-25-24(26(28)31)23(19(5)32-25)20-11-10-17(3)18(4)13-20/h7-13,15H,6,14H2,1-5H3. The number of carbonyl (C=O) groups is 1. The molecule has 2 heterocycles. The predicted octanol–water partition coefficient (Wildman–Crippen LogP) is 5.41. The lowest BCUT2D eigenvalue weighted by atomic mass is 9.99. The molecule has 0 atom stereocenters. The third kappa shape index (κ3) is 3.98. The highest BCUT2D eigenvalue weighted by molar-refractivity contribution is 7.19. The first-order valence-corrected chi connectivity index (χ1v) is 11.5. The maximum atomic E-state index is 13.5. The van der Waals surface area contributed by atoms with Crippen molar-refractivity contribution < 1.29 is 4.79 Å². The van der Waals surface area contributed by atoms with Gasteiger partial charge in [-0.3, -0.25) is 14.2 Å². The third-order valence-electron chi connectivity index (χ3n) is 5.89. The van der Waals surface area contributed by atoms with E-state index in [1.807, 2.05) is 45.0 Å². The topological polar surface area (TPSA) is 55.2 Å². The number of benzene rings is 2. The predicted molar refractivity (Wildman–Crippen MR) is 133 cm³/mol. The highest BCUT2D eigenvalue weighted by atomic mass is 32.1. The Morgan fingerprint density at radius 3 is 2.53 bits per heavy atom. The van der Waals surface area contributed by atoms with Crippen LogP contribution in [-0.2, 0) is 11.3 Å². The molecule has 0 N–H and O–H groups in total. The molecule has 0 aliphatic heterocycles. The van der Waals surface area contributed by atoms with Gasteiger partial charge >= 0.3 is 0 Å². The van der Waals surface area contributed by atoms with Crippen LogP contribution in [0.4, 0.5) is 5.69 Å². The van der Waals surface area contributed by atoms with Gasteiger partial charge in [-0.05, 0) is 69.0 Å². The zero-order valence-electron chi connectivity index (χ0n) is 19.1. The number of nitrogens with zero attached hydrogens (tertiary/aromatic N) is 3. The molecule has 2 aromatic heterocycles. The van der Waals surface area contributed by atoms with Crippen molar-refractivity contribution in [2.75, 3.05) is 11.4 Å². The molecule has 32 heavy (non-hydrogen) atoms. The van der Waals surface area contributed by atoms with Gasteiger partial charge in [-0.15, -0.1) is 11.3 Å². The molecule has 1 amide bonds. The van der Waals surface area contributed by atoms with Crippen molar-refractivity contribution in [2.45, 2.75) is 41.2 Å². The minimum Gasteiger partial charge on any atom is -0.311 e. The quantitative estimate of drug-likeness (QED) is 0.413. The summed E-state index contributed by atoms with van der Waals surface area (Å²) in [5.74, 6) is -0.138. The maximum Gasteiger partial charge on any atom is 0.263 e. The minimum atomic E-state index is -0.179. The lowest BCUT2D eigenvalue weighted by Crippen LogP contribution is -2.36. The molecule has 0 unspecified atom stereocenters. The molecule has 0 fully saturated rings. The number of likely N-dealkylation sites (N-methyl/N-ethyl adjacent to an activating group) is 1. The zero-order valence-corrected chi connectivity index (χ0v) is 19.9. The van der Waals surface area contributed by atoms with Gasteiger partial charge in [0.15, 0.2) is 0 Å². The van der Waals surface area contributed by atoms with Crippen molar-refractivity contribution >= 4 is 33.1 Å². The van der Waals surface area contributed by atoms with Crippen LogP contribution < -0.4 is 10.5 Å². The molecule has 2 aromatic carbocycles. The molecule has 4 aromatic rings. The number of carbonyl (C=O) groups excluding carboxylic acids is 1. The maximum absolute atomic E-state index is 13.5. The van der Waals surface area contributed by atoms with Crippen molar-refractivity contribution in [3.05, 3.63) is 80.7 Å². The fourth-order valence-corrected chi connectivity index (χ4v) is 5.03. The number of hydrogen-bond acceptors (Lipinski definition) is 4. The summed E-state index contributed by atoms with van der Waals surface area (Å²) < 4.78 is 1.43. The summed E-state index contributed by atoms with van der Waals surface area (Å²) in [6.07, 6.45) is 1.49. The molecule has 4 rings (SSSR count). The van der Waals surface area contributed by atoms with Crippen LogP contribution in [0.15, 0.2) is 53.6 Å². The smallest absolute Gasteiger partial charge is 0.263 e. The van der Waals surface area contributed by atoms with Crippen LogP contribution in [0.25, 0.3) is 21.3 Å². The molecule has 0 saturated heterocycles. The first-order chi connectivity index (χ1) is 15.3. The molecule has 0 bridgehead atoms. The summed E-state index contributed by atoms with van der Waals surface area (Å²) in [6, 6.07) is 14.1. The Morgan fingerprint density at radius 2 is 1.84 bits per heavy atom. The Bertz CT molecular complexity index is 1380. The third-order valence-corrected chi connectivity index (χ3v) is 6.90. The van der Waals surface area contributed by atoms with Crippen LogP contribution in [0.3, 0.4) is 0 Å². The molecule has 0 spiro atoms. The molecular weight excluding hydrogens is 418 g/mol. The van der Waals surface area contributed by atoms with E-state index >= 15 is 0 Å². The lowest BCUT2D eigenvalue weighted by Gasteiger charge is -2.22. The van der Waals surface area contributed by atoms with Gasteiger partial charge in [-0.2, -0.15) is 0 Å². The number of aromatic nitrogens is 2. The van der Waals surface area contributed by atoms with Gasteiger partial charge in [-0.1, -0.05) is 30.3 Å². The summed E-state index contributed by atoms with van der Waals surface area (Å²) in [6.45, 7) is 10.6. The van der Waals surface area contributed by atoms with Crippen LogP contribution in [0, 0.1) is 27.7 Å². The van der Waals surface area contributed by atoms with Crippen molar-refractivity contribution in [2.24, 2.45) is 0 Å². The molecule has 164 valence electrons. The van der Waals surface area contributed by atoms with Crippen LogP contribution >= 0.6 is 11.3 Å². The van der Waals surface area contributed by atoms with E-state index in [0.29, 0.717) is 16.8 Å². The molecule has 0 aliphatic carbocycles. The van der Waals surface area contributed by atoms with Crippen LogP contribution in [0.2, 0.25) is 0 Å². The number of anilines is 1. The van der Waals surface area contributed by atoms with Gasteiger partial charge in [0.05, 0.1) is 11.7 Å². The Morgan fingerprint density at radius 1 is 1.06 bits per heavy atom. The van der Waals surface area contributed by atoms with Gasteiger partial charge in [0, 0.05) is 22.7 Å². The normalized spacial score (nSPS) is 11.2. The van der Waals surface area contributed by atoms with E-state index < -0.39 is 0 Å². The Hall–Kier alpha value is -3.25. The molecule has 6 heteroatoms. The average molecular weight is 446 g/mol. The van der Waals surface area contributed by atoms with Crippen LogP contribution in [0.5, 0.6) is 0 Å². The van der Waals surface area contributed by atoms with E-state index in [1.165, 1.54) is 33.4 Å². The highest BCUT2D eigenvalue weighted by Gasteiger charge is 2.20. The Labute approximate surface area is 192 Å². The summed E-state index contributed by atoms with van der Waals surface area (Å²) in [4.78, 5) is 34.6. The van der Waals surface area contributed by atoms with Gasteiger partial charge in [0.2, 0.25) is 5.91 Å². The van der Waals surface area contributed by atoms with Gasteiger partial charge < -0.3 is 4.90 Å². The van der Waals surface area contributed by atoms with E-state index in [9.17, 15) is 9.59 Å². The SMILES string of the molecule is CCN(C(=O)Cn1cnc2sc(C)c(-c3ccc(C)c(C)c3)c2c1=O)c1cccc(C)c1. The monoisotopic (exact) mass is 445 g/mol. The molecule has 0 aliphatic rings. The van der Waals surface area contributed by atoms with Gasteiger partial charge in [0.25, 0.3) is 5.56 Å². The van der Waals surface area contributed by atoms with E-state index in [2.05, 4.69) is 37.0 Å². The van der Waals surface area contributed by atoms with Gasteiger partial charge in [0.1, 0.15) is 11.4 Å². The van der Waals surface area contributed by atoms with E-state index in [1.54, 1.807) is 4.90 Å². The first-order valence-electron chi connectivity index (χ1n) is 10.7. The molecule has 0 saturated carbocycles. The summed E-state index contributed by atoms with van der Waals surface area (Å²) in [5, 5.41) is 0.588. The van der Waals surface area contributed by atoms with Crippen LogP contribution in [0.1, 0.15) is 28.5 Å². The van der Waals surface area contributed by atoms with Gasteiger partial charge in [-0.25, -0.2) is 4.98 Å². The number of amides is 1. The summed E-state index contributed by atoms with van der Waals surface area (Å²) >= 11 is 1.51. The number of rotatable bonds is 5. The second-order valence-corrected chi connectivity index (χ2v) is 9.37. The van der Waals surface area contributed by atoms with E-state index in [-0.39, 0.29) is 18.0 Å². The first kappa shape index (κ1) is 22.0. The van der Waals surface area contributed by atoms with Crippen LogP contribution in [-0.4, -0.2) is 22.0 Å². The van der Waals surface area contributed by atoms with E-state index in [0.717, 1.165) is 27.3 Å². The number of aryl methyl sites for hydroxylation is 4. The van der Waals surface area contributed by atoms with Crippen molar-refractivity contribution in [3.8, 4) is 11.1 Å². The highest BCUT2D eigenvalue weighted by Crippen LogP contribution is 2.36.